The molecule has 1 spiro atoms. The molecule has 0 atom stereocenters. The summed E-state index contributed by atoms with van der Waals surface area (Å²) >= 11 is 0. The van der Waals surface area contributed by atoms with Crippen LogP contribution in [0, 0.1) is 0 Å². The highest BCUT2D eigenvalue weighted by atomic mass is 16.7. The molecule has 1 aliphatic carbocycles. The molecular weight excluding hydrogens is 218 g/mol. The molecule has 2 aliphatic rings. The Hall–Kier alpha value is -1.67. The quantitative estimate of drug-likeness (QED) is 0.399. The molecule has 0 unspecified atom stereocenters. The van der Waals surface area contributed by atoms with Crippen LogP contribution in [0.2, 0.25) is 0 Å². The number of ether oxygens (including phenoxy) is 2. The molecule has 88 valence electrons. The minimum atomic E-state index is -0.975. The van der Waals surface area contributed by atoms with Crippen LogP contribution in [0.1, 0.15) is 12.8 Å². The molecule has 0 aromatic carbocycles. The van der Waals surface area contributed by atoms with Gasteiger partial charge in [0.15, 0.2) is 11.5 Å². The molecule has 8 nitrogen and oxygen atoms in total. The van der Waals surface area contributed by atoms with Crippen molar-refractivity contribution in [1.82, 2.24) is 0 Å². The van der Waals surface area contributed by atoms with Crippen LogP contribution in [-0.2, 0) is 9.47 Å². The fourth-order valence-electron chi connectivity index (χ4n) is 1.89. The second kappa shape index (κ2) is 4.06. The maximum Gasteiger partial charge on any atom is 0.179 e. The smallest absolute Gasteiger partial charge is 0.179 e. The standard InChI is InChI=1S/C8H11N3O5/c12-9-5-3-8(15-1-2-16-8)4-6(10-13)7(5)11-14/h12-14H,1-4H2/b9-5-,10-6+,11-7?. The van der Waals surface area contributed by atoms with Crippen molar-refractivity contribution < 1.29 is 25.1 Å². The van der Waals surface area contributed by atoms with E-state index in [4.69, 9.17) is 25.1 Å². The Kier molecular flexibility index (Phi) is 2.75. The second-order valence-electron chi connectivity index (χ2n) is 3.50. The van der Waals surface area contributed by atoms with Crippen molar-refractivity contribution >= 4 is 17.1 Å². The highest BCUT2D eigenvalue weighted by molar-refractivity contribution is 6.69. The van der Waals surface area contributed by atoms with Crippen molar-refractivity contribution in [2.75, 3.05) is 13.2 Å². The maximum atomic E-state index is 8.80. The van der Waals surface area contributed by atoms with Gasteiger partial charge >= 0.3 is 0 Å². The molecule has 3 N–H and O–H groups in total. The van der Waals surface area contributed by atoms with Crippen molar-refractivity contribution in [3.63, 3.8) is 0 Å². The Morgan fingerprint density at radius 3 is 1.75 bits per heavy atom. The predicted octanol–water partition coefficient (Wildman–Crippen LogP) is 0.0139. The van der Waals surface area contributed by atoms with Crippen LogP contribution in [0.3, 0.4) is 0 Å². The normalized spacial score (nSPS) is 31.9. The third-order valence-electron chi connectivity index (χ3n) is 2.58. The zero-order chi connectivity index (χ0) is 11.6. The van der Waals surface area contributed by atoms with E-state index >= 15 is 0 Å². The Labute approximate surface area is 90.4 Å². The molecule has 2 fully saturated rings. The van der Waals surface area contributed by atoms with Crippen LogP contribution in [0.4, 0.5) is 0 Å². The largest absolute Gasteiger partial charge is 0.411 e. The maximum absolute atomic E-state index is 8.80. The van der Waals surface area contributed by atoms with Gasteiger partial charge in [-0.1, -0.05) is 15.5 Å². The zero-order valence-electron chi connectivity index (χ0n) is 8.33. The van der Waals surface area contributed by atoms with Gasteiger partial charge in [0.2, 0.25) is 0 Å². The van der Waals surface area contributed by atoms with Gasteiger partial charge in [-0.15, -0.1) is 0 Å². The molecule has 0 radical (unpaired) electrons. The van der Waals surface area contributed by atoms with Gasteiger partial charge in [-0.2, -0.15) is 0 Å². The Balaban J connectivity index is 2.34. The third kappa shape index (κ3) is 1.61. The van der Waals surface area contributed by atoms with Crippen molar-refractivity contribution in [2.24, 2.45) is 15.5 Å². The molecule has 8 heteroatoms. The first-order valence-corrected chi connectivity index (χ1v) is 4.67. The van der Waals surface area contributed by atoms with E-state index in [0.717, 1.165) is 0 Å². The lowest BCUT2D eigenvalue weighted by Gasteiger charge is -2.31. The van der Waals surface area contributed by atoms with E-state index in [0.29, 0.717) is 13.2 Å². The fourth-order valence-corrected chi connectivity index (χ4v) is 1.89. The minimum Gasteiger partial charge on any atom is -0.411 e. The Morgan fingerprint density at radius 2 is 1.38 bits per heavy atom. The van der Waals surface area contributed by atoms with E-state index in [1.165, 1.54) is 0 Å². The predicted molar refractivity (Wildman–Crippen MR) is 51.5 cm³/mol. The fraction of sp³-hybridized carbons (Fsp3) is 0.625. The lowest BCUT2D eigenvalue weighted by atomic mass is 9.89. The van der Waals surface area contributed by atoms with Crippen molar-refractivity contribution in [1.29, 1.82) is 0 Å². The summed E-state index contributed by atoms with van der Waals surface area (Å²) in [5.74, 6) is -0.975. The van der Waals surface area contributed by atoms with E-state index in [-0.39, 0.29) is 30.0 Å². The summed E-state index contributed by atoms with van der Waals surface area (Å²) in [7, 11) is 0. The van der Waals surface area contributed by atoms with Crippen LogP contribution in [0.15, 0.2) is 15.5 Å². The molecule has 0 amide bonds. The van der Waals surface area contributed by atoms with E-state index in [1.807, 2.05) is 0 Å². The molecule has 1 saturated heterocycles. The molecule has 16 heavy (non-hydrogen) atoms. The summed E-state index contributed by atoms with van der Waals surface area (Å²) in [6.07, 6.45) is 0.282. The van der Waals surface area contributed by atoms with Gasteiger partial charge < -0.3 is 25.1 Å². The summed E-state index contributed by atoms with van der Waals surface area (Å²) in [5.41, 5.74) is 0.0571. The van der Waals surface area contributed by atoms with Crippen molar-refractivity contribution in [3.05, 3.63) is 0 Å². The van der Waals surface area contributed by atoms with Gasteiger partial charge in [-0.25, -0.2) is 0 Å². The molecule has 1 saturated carbocycles. The molecule has 1 heterocycles. The lowest BCUT2D eigenvalue weighted by Crippen LogP contribution is -2.46. The molecular formula is C8H11N3O5. The van der Waals surface area contributed by atoms with Crippen LogP contribution < -0.4 is 0 Å². The van der Waals surface area contributed by atoms with Crippen LogP contribution >= 0.6 is 0 Å². The van der Waals surface area contributed by atoms with Crippen molar-refractivity contribution in [2.45, 2.75) is 18.6 Å². The van der Waals surface area contributed by atoms with Crippen molar-refractivity contribution in [3.8, 4) is 0 Å². The second-order valence-corrected chi connectivity index (χ2v) is 3.50. The van der Waals surface area contributed by atoms with Crippen LogP contribution in [0.25, 0.3) is 0 Å². The Morgan fingerprint density at radius 1 is 0.875 bits per heavy atom. The highest BCUT2D eigenvalue weighted by Crippen LogP contribution is 2.32. The van der Waals surface area contributed by atoms with Gasteiger partial charge in [-0.3, -0.25) is 0 Å². The number of nitrogens with zero attached hydrogens (tertiary/aromatic N) is 3. The average molecular weight is 229 g/mol. The summed E-state index contributed by atoms with van der Waals surface area (Å²) in [6, 6.07) is 0. The summed E-state index contributed by atoms with van der Waals surface area (Å²) in [4.78, 5) is 0. The number of rotatable bonds is 0. The first-order valence-electron chi connectivity index (χ1n) is 4.67. The summed E-state index contributed by atoms with van der Waals surface area (Å²) in [5, 5.41) is 35.3. The van der Waals surface area contributed by atoms with E-state index < -0.39 is 5.79 Å². The summed E-state index contributed by atoms with van der Waals surface area (Å²) < 4.78 is 10.8. The molecule has 1 aliphatic heterocycles. The average Bonchev–Trinajstić information content (AvgIpc) is 2.76. The van der Waals surface area contributed by atoms with Crippen LogP contribution in [-0.4, -0.2) is 51.8 Å². The zero-order valence-corrected chi connectivity index (χ0v) is 8.33. The number of hydrogen-bond donors (Lipinski definition) is 3. The van der Waals surface area contributed by atoms with E-state index in [1.54, 1.807) is 0 Å². The third-order valence-corrected chi connectivity index (χ3v) is 2.58. The van der Waals surface area contributed by atoms with Gasteiger partial charge in [0, 0.05) is 0 Å². The number of oxime groups is 3. The van der Waals surface area contributed by atoms with Gasteiger partial charge in [0.25, 0.3) is 0 Å². The van der Waals surface area contributed by atoms with Gasteiger partial charge in [-0.05, 0) is 0 Å². The first-order chi connectivity index (χ1) is 7.74. The first kappa shape index (κ1) is 10.8. The van der Waals surface area contributed by atoms with E-state index in [9.17, 15) is 0 Å². The SMILES string of the molecule is ON=C1/C(=N\O)CC2(C/C1=N\O)OCCO2. The monoisotopic (exact) mass is 229 g/mol. The summed E-state index contributed by atoms with van der Waals surface area (Å²) in [6.45, 7) is 0.839. The molecule has 2 rings (SSSR count). The lowest BCUT2D eigenvalue weighted by molar-refractivity contribution is -0.145. The highest BCUT2D eigenvalue weighted by Gasteiger charge is 2.46. The number of hydrogen-bond acceptors (Lipinski definition) is 8. The van der Waals surface area contributed by atoms with Gasteiger partial charge in [0.1, 0.15) is 11.4 Å². The Bertz CT molecular complexity index is 344. The van der Waals surface area contributed by atoms with Gasteiger partial charge in [0.05, 0.1) is 26.1 Å². The molecule has 0 aromatic heterocycles. The minimum absolute atomic E-state index is 0.0588. The van der Waals surface area contributed by atoms with E-state index in [2.05, 4.69) is 15.5 Å². The molecule has 0 bridgehead atoms. The van der Waals surface area contributed by atoms with Crippen LogP contribution in [0.5, 0.6) is 0 Å². The molecule has 0 aromatic rings. The topological polar surface area (TPSA) is 116 Å².